The molecule has 16 heavy (non-hydrogen) atoms. The van der Waals surface area contributed by atoms with Gasteiger partial charge >= 0.3 is 0 Å². The van der Waals surface area contributed by atoms with E-state index in [1.807, 2.05) is 31.7 Å². The first kappa shape index (κ1) is 11.7. The fraction of sp³-hybridized carbons (Fsp3) is 0.667. The van der Waals surface area contributed by atoms with Crippen LogP contribution < -0.4 is 4.90 Å². The zero-order valence-corrected chi connectivity index (χ0v) is 11.0. The van der Waals surface area contributed by atoms with Gasteiger partial charge in [0.1, 0.15) is 0 Å². The van der Waals surface area contributed by atoms with Gasteiger partial charge in [0.2, 0.25) is 5.95 Å². The van der Waals surface area contributed by atoms with Crippen molar-refractivity contribution in [1.29, 1.82) is 0 Å². The predicted molar refractivity (Wildman–Crippen MR) is 70.3 cm³/mol. The van der Waals surface area contributed by atoms with Gasteiger partial charge in [-0.25, -0.2) is 9.97 Å². The van der Waals surface area contributed by atoms with Crippen molar-refractivity contribution in [2.45, 2.75) is 32.4 Å². The molecule has 0 N–H and O–H groups in total. The van der Waals surface area contributed by atoms with E-state index in [-0.39, 0.29) is 0 Å². The van der Waals surface area contributed by atoms with Crippen molar-refractivity contribution in [3.63, 3.8) is 0 Å². The third-order valence-electron chi connectivity index (χ3n) is 2.82. The standard InChI is InChI=1S/C12H19N3S/c1-9-8-10(2)14-12(13-9)15-5-4-11(3)16-7-6-15/h8,11H,4-7H2,1-3H3/t11-/m1/s1. The van der Waals surface area contributed by atoms with Crippen molar-refractivity contribution < 1.29 is 0 Å². The molecule has 1 aromatic rings. The number of hydrogen-bond acceptors (Lipinski definition) is 4. The van der Waals surface area contributed by atoms with Gasteiger partial charge < -0.3 is 4.90 Å². The summed E-state index contributed by atoms with van der Waals surface area (Å²) < 4.78 is 0. The summed E-state index contributed by atoms with van der Waals surface area (Å²) in [5.41, 5.74) is 2.12. The van der Waals surface area contributed by atoms with Crippen molar-refractivity contribution in [3.05, 3.63) is 17.5 Å². The van der Waals surface area contributed by atoms with E-state index in [1.54, 1.807) is 0 Å². The lowest BCUT2D eigenvalue weighted by molar-refractivity contribution is 0.738. The minimum Gasteiger partial charge on any atom is -0.340 e. The maximum Gasteiger partial charge on any atom is 0.225 e. The average molecular weight is 237 g/mol. The second-order valence-corrected chi connectivity index (χ2v) is 5.95. The second-order valence-electron chi connectivity index (χ2n) is 4.41. The third kappa shape index (κ3) is 2.88. The largest absolute Gasteiger partial charge is 0.340 e. The van der Waals surface area contributed by atoms with Crippen LogP contribution in [0.3, 0.4) is 0 Å². The van der Waals surface area contributed by atoms with E-state index in [0.29, 0.717) is 0 Å². The molecule has 0 amide bonds. The molecule has 0 radical (unpaired) electrons. The highest BCUT2D eigenvalue weighted by Crippen LogP contribution is 2.21. The van der Waals surface area contributed by atoms with Gasteiger partial charge in [-0.2, -0.15) is 11.8 Å². The molecule has 1 fully saturated rings. The summed E-state index contributed by atoms with van der Waals surface area (Å²) in [5, 5.41) is 0.760. The Morgan fingerprint density at radius 1 is 1.25 bits per heavy atom. The summed E-state index contributed by atoms with van der Waals surface area (Å²) in [5.74, 6) is 2.09. The van der Waals surface area contributed by atoms with Crippen LogP contribution in [0.25, 0.3) is 0 Å². The topological polar surface area (TPSA) is 29.0 Å². The van der Waals surface area contributed by atoms with Crippen LogP contribution in [0.1, 0.15) is 24.7 Å². The molecule has 1 aromatic heterocycles. The normalized spacial score (nSPS) is 21.9. The zero-order chi connectivity index (χ0) is 11.5. The van der Waals surface area contributed by atoms with Crippen LogP contribution in [-0.4, -0.2) is 34.1 Å². The Morgan fingerprint density at radius 2 is 1.94 bits per heavy atom. The van der Waals surface area contributed by atoms with Crippen molar-refractivity contribution in [1.82, 2.24) is 9.97 Å². The molecular formula is C12H19N3S. The van der Waals surface area contributed by atoms with Crippen molar-refractivity contribution in [2.24, 2.45) is 0 Å². The average Bonchev–Trinajstić information content (AvgIpc) is 2.41. The highest BCUT2D eigenvalue weighted by atomic mass is 32.2. The van der Waals surface area contributed by atoms with Gasteiger partial charge in [-0.1, -0.05) is 6.92 Å². The van der Waals surface area contributed by atoms with Crippen LogP contribution in [0.2, 0.25) is 0 Å². The first-order chi connectivity index (χ1) is 7.65. The van der Waals surface area contributed by atoms with Gasteiger partial charge in [-0.15, -0.1) is 0 Å². The minimum absolute atomic E-state index is 0.760. The fourth-order valence-electron chi connectivity index (χ4n) is 1.95. The van der Waals surface area contributed by atoms with Crippen molar-refractivity contribution >= 4 is 17.7 Å². The SMILES string of the molecule is Cc1cc(C)nc(N2CCS[C@H](C)CC2)n1. The van der Waals surface area contributed by atoms with Crippen molar-refractivity contribution in [2.75, 3.05) is 23.7 Å². The smallest absolute Gasteiger partial charge is 0.225 e. The van der Waals surface area contributed by atoms with Gasteiger partial charge in [0.25, 0.3) is 0 Å². The van der Waals surface area contributed by atoms with Crippen LogP contribution in [0.5, 0.6) is 0 Å². The molecule has 2 rings (SSSR count). The van der Waals surface area contributed by atoms with Gasteiger partial charge in [0, 0.05) is 35.5 Å². The number of thioether (sulfide) groups is 1. The lowest BCUT2D eigenvalue weighted by Gasteiger charge is -2.20. The van der Waals surface area contributed by atoms with Crippen LogP contribution in [0.4, 0.5) is 5.95 Å². The van der Waals surface area contributed by atoms with Gasteiger partial charge in [0.05, 0.1) is 0 Å². The van der Waals surface area contributed by atoms with Gasteiger partial charge in [-0.3, -0.25) is 0 Å². The number of aryl methyl sites for hydroxylation is 2. The molecule has 0 aromatic carbocycles. The highest BCUT2D eigenvalue weighted by Gasteiger charge is 2.16. The molecule has 0 saturated carbocycles. The van der Waals surface area contributed by atoms with E-state index in [4.69, 9.17) is 0 Å². The van der Waals surface area contributed by atoms with Crippen LogP contribution in [-0.2, 0) is 0 Å². The lowest BCUT2D eigenvalue weighted by Crippen LogP contribution is -2.28. The molecule has 3 nitrogen and oxygen atoms in total. The van der Waals surface area contributed by atoms with Crippen LogP contribution in [0.15, 0.2) is 6.07 Å². The number of aromatic nitrogens is 2. The first-order valence-corrected chi connectivity index (χ1v) is 6.89. The summed E-state index contributed by atoms with van der Waals surface area (Å²) in [6.45, 7) is 8.52. The van der Waals surface area contributed by atoms with E-state index >= 15 is 0 Å². The maximum atomic E-state index is 4.53. The molecule has 1 aliphatic rings. The van der Waals surface area contributed by atoms with E-state index in [9.17, 15) is 0 Å². The Balaban J connectivity index is 2.16. The molecule has 0 bridgehead atoms. The van der Waals surface area contributed by atoms with Crippen LogP contribution >= 0.6 is 11.8 Å². The molecule has 0 aliphatic carbocycles. The summed E-state index contributed by atoms with van der Waals surface area (Å²) in [4.78, 5) is 11.4. The number of rotatable bonds is 1. The second kappa shape index (κ2) is 5.04. The molecule has 4 heteroatoms. The first-order valence-electron chi connectivity index (χ1n) is 5.84. The molecular weight excluding hydrogens is 218 g/mol. The minimum atomic E-state index is 0.760. The Kier molecular flexibility index (Phi) is 3.69. The molecule has 1 saturated heterocycles. The number of anilines is 1. The van der Waals surface area contributed by atoms with E-state index < -0.39 is 0 Å². The predicted octanol–water partition coefficient (Wildman–Crippen LogP) is 2.43. The maximum absolute atomic E-state index is 4.53. The van der Waals surface area contributed by atoms with E-state index in [1.165, 1.54) is 12.2 Å². The molecule has 88 valence electrons. The molecule has 0 unspecified atom stereocenters. The molecule has 0 spiro atoms. The fourth-order valence-corrected chi connectivity index (χ4v) is 2.95. The number of nitrogens with zero attached hydrogens (tertiary/aromatic N) is 3. The lowest BCUT2D eigenvalue weighted by atomic mass is 10.3. The summed E-state index contributed by atoms with van der Waals surface area (Å²) in [6, 6.07) is 2.03. The Labute approximate surface area is 102 Å². The van der Waals surface area contributed by atoms with E-state index in [0.717, 1.165) is 35.7 Å². The van der Waals surface area contributed by atoms with E-state index in [2.05, 4.69) is 21.8 Å². The van der Waals surface area contributed by atoms with Gasteiger partial charge in [-0.05, 0) is 26.3 Å². The van der Waals surface area contributed by atoms with Crippen LogP contribution in [0, 0.1) is 13.8 Å². The number of hydrogen-bond donors (Lipinski definition) is 0. The Bertz CT molecular complexity index is 347. The van der Waals surface area contributed by atoms with Crippen molar-refractivity contribution in [3.8, 4) is 0 Å². The summed E-state index contributed by atoms with van der Waals surface area (Å²) in [7, 11) is 0. The summed E-state index contributed by atoms with van der Waals surface area (Å²) >= 11 is 2.05. The quantitative estimate of drug-likeness (QED) is 0.750. The molecule has 1 aliphatic heterocycles. The molecule has 1 atom stereocenters. The zero-order valence-electron chi connectivity index (χ0n) is 10.2. The molecule has 2 heterocycles. The summed E-state index contributed by atoms with van der Waals surface area (Å²) in [6.07, 6.45) is 1.22. The highest BCUT2D eigenvalue weighted by molar-refractivity contribution is 7.99. The third-order valence-corrected chi connectivity index (χ3v) is 4.05. The Hall–Kier alpha value is -0.770. The van der Waals surface area contributed by atoms with Gasteiger partial charge in [0.15, 0.2) is 0 Å². The monoisotopic (exact) mass is 237 g/mol. The Morgan fingerprint density at radius 3 is 2.62 bits per heavy atom.